The molecule has 0 unspecified atom stereocenters. The molecule has 0 amide bonds. The van der Waals surface area contributed by atoms with Gasteiger partial charge in [-0.15, -0.1) is 0 Å². The fourth-order valence-electron chi connectivity index (χ4n) is 2.77. The molecule has 102 valence electrons. The van der Waals surface area contributed by atoms with E-state index in [-0.39, 0.29) is 23.1 Å². The summed E-state index contributed by atoms with van der Waals surface area (Å²) < 4.78 is 0. The fraction of sp³-hybridized carbons (Fsp3) is 0.692. The number of carbonyl (C=O) groups excluding carboxylic acids is 4. The van der Waals surface area contributed by atoms with Crippen molar-refractivity contribution in [3.8, 4) is 0 Å². The van der Waals surface area contributed by atoms with Gasteiger partial charge in [0.2, 0.25) is 0 Å². The Morgan fingerprint density at radius 3 is 0.722 bits per heavy atom. The van der Waals surface area contributed by atoms with E-state index in [2.05, 4.69) is 5.73 Å². The zero-order valence-corrected chi connectivity index (χ0v) is 11.5. The lowest BCUT2D eigenvalue weighted by Gasteiger charge is -2.47. The highest BCUT2D eigenvalue weighted by atomic mass is 16.2. The number of hydrogen-bond acceptors (Lipinski definition) is 5. The van der Waals surface area contributed by atoms with Crippen molar-refractivity contribution in [3.05, 3.63) is 0 Å². The van der Waals surface area contributed by atoms with Crippen molar-refractivity contribution in [2.24, 2.45) is 29.4 Å². The Bertz CT molecular complexity index is 295. The molecule has 5 nitrogen and oxygen atoms in total. The molecular formula is C13H21NO4. The summed E-state index contributed by atoms with van der Waals surface area (Å²) in [5.41, 5.74) is 4.50. The fourth-order valence-corrected chi connectivity index (χ4v) is 2.77. The average Bonchev–Trinajstić information content (AvgIpc) is 2.16. The molecule has 1 rings (SSSR count). The molecule has 1 fully saturated rings. The Morgan fingerprint density at radius 1 is 0.556 bits per heavy atom. The van der Waals surface area contributed by atoms with E-state index in [1.54, 1.807) is 0 Å². The molecule has 0 spiro atoms. The number of ketones is 4. The molecule has 0 aromatic heterocycles. The van der Waals surface area contributed by atoms with Gasteiger partial charge in [0, 0.05) is 23.7 Å². The molecule has 0 aromatic rings. The lowest BCUT2D eigenvalue weighted by Crippen LogP contribution is -2.58. The molecule has 0 radical (unpaired) electrons. The number of Topliss-reactive ketones (excluding diaryl/α,β-unsaturated/α-hetero) is 4. The Balaban J connectivity index is 0.00000137. The predicted octanol–water partition coefficient (Wildman–Crippen LogP) is 0.396. The van der Waals surface area contributed by atoms with Crippen molar-refractivity contribution in [2.45, 2.75) is 27.7 Å². The third kappa shape index (κ3) is 2.90. The molecule has 1 aliphatic rings. The molecule has 0 bridgehead atoms. The SMILES string of the molecule is CC(=O)C1C(C(C)=O)C(C(C)=O)C1C(C)=O.CN. The van der Waals surface area contributed by atoms with E-state index in [0.29, 0.717) is 0 Å². The van der Waals surface area contributed by atoms with Crippen LogP contribution in [0.5, 0.6) is 0 Å². The minimum atomic E-state index is -0.594. The summed E-state index contributed by atoms with van der Waals surface area (Å²) in [6, 6.07) is 0. The second-order valence-corrected chi connectivity index (χ2v) is 4.55. The standard InChI is InChI=1S/C12H16O4.CH5N/c1-5(13)9-10(6(2)14)12(8(4)16)11(9)7(3)15;1-2/h9-12H,1-4H3;2H2,1H3. The maximum absolute atomic E-state index is 11.4. The smallest absolute Gasteiger partial charge is 0.134 e. The summed E-state index contributed by atoms with van der Waals surface area (Å²) in [5, 5.41) is 0. The highest BCUT2D eigenvalue weighted by molar-refractivity contribution is 6.02. The van der Waals surface area contributed by atoms with Crippen LogP contribution in [0.25, 0.3) is 0 Å². The maximum atomic E-state index is 11.4. The van der Waals surface area contributed by atoms with Crippen LogP contribution in [0.4, 0.5) is 0 Å². The van der Waals surface area contributed by atoms with Crippen LogP contribution < -0.4 is 5.73 Å². The molecule has 1 saturated carbocycles. The zero-order valence-electron chi connectivity index (χ0n) is 11.5. The summed E-state index contributed by atoms with van der Waals surface area (Å²) in [6.07, 6.45) is 0. The third-order valence-corrected chi connectivity index (χ3v) is 3.43. The molecule has 0 atom stereocenters. The second-order valence-electron chi connectivity index (χ2n) is 4.55. The van der Waals surface area contributed by atoms with Crippen molar-refractivity contribution in [1.82, 2.24) is 0 Å². The molecule has 0 aromatic carbocycles. The quantitative estimate of drug-likeness (QED) is 0.784. The Labute approximate surface area is 107 Å². The predicted molar refractivity (Wildman–Crippen MR) is 66.8 cm³/mol. The van der Waals surface area contributed by atoms with Gasteiger partial charge in [-0.3, -0.25) is 19.2 Å². The number of hydrogen-bond donors (Lipinski definition) is 1. The Kier molecular flexibility index (Phi) is 6.05. The van der Waals surface area contributed by atoms with E-state index in [0.717, 1.165) is 0 Å². The molecule has 2 N–H and O–H groups in total. The Morgan fingerprint density at radius 2 is 0.667 bits per heavy atom. The van der Waals surface area contributed by atoms with Crippen molar-refractivity contribution in [3.63, 3.8) is 0 Å². The molecular weight excluding hydrogens is 234 g/mol. The highest BCUT2D eigenvalue weighted by Gasteiger charge is 2.58. The van der Waals surface area contributed by atoms with E-state index in [4.69, 9.17) is 0 Å². The average molecular weight is 255 g/mol. The lowest BCUT2D eigenvalue weighted by atomic mass is 9.52. The molecule has 18 heavy (non-hydrogen) atoms. The van der Waals surface area contributed by atoms with E-state index in [1.807, 2.05) is 0 Å². The minimum Gasteiger partial charge on any atom is -0.333 e. The monoisotopic (exact) mass is 255 g/mol. The van der Waals surface area contributed by atoms with Crippen LogP contribution in [0.15, 0.2) is 0 Å². The highest BCUT2D eigenvalue weighted by Crippen LogP contribution is 2.48. The second kappa shape index (κ2) is 6.54. The van der Waals surface area contributed by atoms with E-state index >= 15 is 0 Å². The first kappa shape index (κ1) is 16.6. The maximum Gasteiger partial charge on any atom is 0.134 e. The van der Waals surface area contributed by atoms with Gasteiger partial charge in [0.15, 0.2) is 0 Å². The number of rotatable bonds is 4. The number of nitrogens with two attached hydrogens (primary N) is 1. The topological polar surface area (TPSA) is 94.3 Å². The van der Waals surface area contributed by atoms with Gasteiger partial charge in [-0.1, -0.05) is 0 Å². The summed E-state index contributed by atoms with van der Waals surface area (Å²) >= 11 is 0. The van der Waals surface area contributed by atoms with Crippen LogP contribution >= 0.6 is 0 Å². The van der Waals surface area contributed by atoms with Crippen LogP contribution in [0.2, 0.25) is 0 Å². The van der Waals surface area contributed by atoms with Gasteiger partial charge >= 0.3 is 0 Å². The minimum absolute atomic E-state index is 0.182. The summed E-state index contributed by atoms with van der Waals surface area (Å²) in [6.45, 7) is 5.47. The van der Waals surface area contributed by atoms with Gasteiger partial charge in [-0.05, 0) is 34.7 Å². The Hall–Kier alpha value is -1.36. The summed E-state index contributed by atoms with van der Waals surface area (Å²) in [5.74, 6) is -3.10. The third-order valence-electron chi connectivity index (χ3n) is 3.43. The molecule has 0 heterocycles. The van der Waals surface area contributed by atoms with E-state index in [9.17, 15) is 19.2 Å². The number of carbonyl (C=O) groups is 4. The summed E-state index contributed by atoms with van der Waals surface area (Å²) in [4.78, 5) is 45.6. The first-order valence-electron chi connectivity index (χ1n) is 5.88. The van der Waals surface area contributed by atoms with Crippen molar-refractivity contribution < 1.29 is 19.2 Å². The van der Waals surface area contributed by atoms with Crippen LogP contribution in [0, 0.1) is 23.7 Å². The molecule has 1 aliphatic carbocycles. The van der Waals surface area contributed by atoms with Gasteiger partial charge in [0.25, 0.3) is 0 Å². The van der Waals surface area contributed by atoms with Gasteiger partial charge in [-0.25, -0.2) is 0 Å². The van der Waals surface area contributed by atoms with Gasteiger partial charge in [-0.2, -0.15) is 0 Å². The van der Waals surface area contributed by atoms with Gasteiger partial charge in [0.05, 0.1) is 0 Å². The molecule has 0 saturated heterocycles. The molecule has 5 heteroatoms. The normalized spacial score (nSPS) is 29.4. The largest absolute Gasteiger partial charge is 0.333 e. The van der Waals surface area contributed by atoms with Crippen LogP contribution in [-0.4, -0.2) is 30.2 Å². The first-order chi connectivity index (χ1) is 8.29. The van der Waals surface area contributed by atoms with E-state index < -0.39 is 23.7 Å². The molecule has 0 aliphatic heterocycles. The van der Waals surface area contributed by atoms with Crippen molar-refractivity contribution in [1.29, 1.82) is 0 Å². The van der Waals surface area contributed by atoms with Gasteiger partial charge < -0.3 is 5.73 Å². The van der Waals surface area contributed by atoms with E-state index in [1.165, 1.54) is 34.7 Å². The van der Waals surface area contributed by atoms with Crippen LogP contribution in [0.1, 0.15) is 27.7 Å². The lowest BCUT2D eigenvalue weighted by molar-refractivity contribution is -0.161. The van der Waals surface area contributed by atoms with Crippen LogP contribution in [-0.2, 0) is 19.2 Å². The van der Waals surface area contributed by atoms with Crippen LogP contribution in [0.3, 0.4) is 0 Å². The van der Waals surface area contributed by atoms with Crippen molar-refractivity contribution in [2.75, 3.05) is 7.05 Å². The van der Waals surface area contributed by atoms with Crippen molar-refractivity contribution >= 4 is 23.1 Å². The summed E-state index contributed by atoms with van der Waals surface area (Å²) in [7, 11) is 1.50. The first-order valence-corrected chi connectivity index (χ1v) is 5.88. The van der Waals surface area contributed by atoms with Gasteiger partial charge in [0.1, 0.15) is 23.1 Å². The zero-order chi connectivity index (χ0) is 14.6.